The highest BCUT2D eigenvalue weighted by molar-refractivity contribution is 5.84. The summed E-state index contributed by atoms with van der Waals surface area (Å²) < 4.78 is 20.9. The van der Waals surface area contributed by atoms with Crippen LogP contribution in [0.3, 0.4) is 0 Å². The molecule has 0 aliphatic carbocycles. The topological polar surface area (TPSA) is 104 Å². The number of phenolic OH excluding ortho intramolecular Hbond substituents is 1. The summed E-state index contributed by atoms with van der Waals surface area (Å²) in [6.07, 6.45) is 5.26. The highest BCUT2D eigenvalue weighted by atomic mass is 19.1. The normalized spacial score (nSPS) is 29.8. The Kier molecular flexibility index (Phi) is 4.70. The zero-order chi connectivity index (χ0) is 22.7. The molecule has 0 amide bonds. The molecular formula is C23H26FN5O3. The fourth-order valence-electron chi connectivity index (χ4n) is 5.36. The monoisotopic (exact) mass is 439 g/mol. The van der Waals surface area contributed by atoms with Gasteiger partial charge in [-0.25, -0.2) is 9.37 Å². The van der Waals surface area contributed by atoms with Gasteiger partial charge in [-0.3, -0.25) is 4.79 Å². The van der Waals surface area contributed by atoms with Gasteiger partial charge >= 0.3 is 0 Å². The number of alkyl halides is 1. The molecule has 4 heterocycles. The Labute approximate surface area is 184 Å². The number of aromatic nitrogens is 3. The summed E-state index contributed by atoms with van der Waals surface area (Å²) in [6.45, 7) is 4.12. The first-order valence-corrected chi connectivity index (χ1v) is 10.8. The smallest absolute Gasteiger partial charge is 0.192 e. The van der Waals surface area contributed by atoms with E-state index in [0.29, 0.717) is 23.4 Å². The minimum atomic E-state index is -1.06. The summed E-state index contributed by atoms with van der Waals surface area (Å²) in [7, 11) is 1.82. The summed E-state index contributed by atoms with van der Waals surface area (Å²) in [4.78, 5) is 18.1. The molecule has 2 aliphatic heterocycles. The van der Waals surface area contributed by atoms with E-state index >= 15 is 4.39 Å². The molecule has 1 aromatic carbocycles. The number of rotatable bonds is 3. The fourth-order valence-corrected chi connectivity index (χ4v) is 5.36. The molecule has 0 radical (unpaired) electrons. The molecule has 2 bridgehead atoms. The Hall–Kier alpha value is -3.07. The van der Waals surface area contributed by atoms with Gasteiger partial charge in [0.15, 0.2) is 17.1 Å². The third-order valence-corrected chi connectivity index (χ3v) is 7.05. The largest absolute Gasteiger partial charge is 0.507 e. The first-order valence-electron chi connectivity index (χ1n) is 10.8. The Balaban J connectivity index is 1.44. The van der Waals surface area contributed by atoms with Gasteiger partial charge in [-0.1, -0.05) is 0 Å². The van der Waals surface area contributed by atoms with Crippen molar-refractivity contribution in [2.75, 3.05) is 11.9 Å². The number of aromatic hydroxyl groups is 1. The van der Waals surface area contributed by atoms with Crippen molar-refractivity contribution in [3.8, 4) is 17.1 Å². The molecule has 2 fully saturated rings. The number of hydrogen-bond acceptors (Lipinski definition) is 8. The summed E-state index contributed by atoms with van der Waals surface area (Å²) in [5.74, 6) is 0.501. The number of halogens is 1. The molecule has 0 unspecified atom stereocenters. The van der Waals surface area contributed by atoms with Crippen LogP contribution in [0, 0.1) is 0 Å². The van der Waals surface area contributed by atoms with E-state index < -0.39 is 11.7 Å². The molecule has 0 saturated carbocycles. The van der Waals surface area contributed by atoms with Gasteiger partial charge in [0.25, 0.3) is 0 Å². The average Bonchev–Trinajstić information content (AvgIpc) is 2.76. The van der Waals surface area contributed by atoms with E-state index in [-0.39, 0.29) is 34.0 Å². The van der Waals surface area contributed by atoms with Crippen molar-refractivity contribution in [2.24, 2.45) is 0 Å². The predicted octanol–water partition coefficient (Wildman–Crippen LogP) is 3.19. The van der Waals surface area contributed by atoms with Gasteiger partial charge in [0.05, 0.1) is 29.5 Å². The zero-order valence-electron chi connectivity index (χ0n) is 18.3. The average molecular weight is 439 g/mol. The van der Waals surface area contributed by atoms with Crippen molar-refractivity contribution in [2.45, 2.75) is 62.8 Å². The van der Waals surface area contributed by atoms with Crippen LogP contribution in [0.25, 0.3) is 22.4 Å². The van der Waals surface area contributed by atoms with Gasteiger partial charge in [-0.2, -0.15) is 0 Å². The van der Waals surface area contributed by atoms with Crippen LogP contribution in [0.2, 0.25) is 0 Å². The lowest BCUT2D eigenvalue weighted by atomic mass is 9.68. The molecule has 2 aliphatic rings. The summed E-state index contributed by atoms with van der Waals surface area (Å²) in [6, 6.07) is 3.79. The molecule has 3 aromatic rings. The lowest BCUT2D eigenvalue weighted by Gasteiger charge is -2.56. The van der Waals surface area contributed by atoms with Crippen LogP contribution in [-0.2, 0) is 0 Å². The number of piperidine rings is 2. The highest BCUT2D eigenvalue weighted by Crippen LogP contribution is 2.43. The van der Waals surface area contributed by atoms with Crippen LogP contribution in [0.15, 0.2) is 39.9 Å². The van der Waals surface area contributed by atoms with Gasteiger partial charge in [0, 0.05) is 24.2 Å². The second-order valence-corrected chi connectivity index (χ2v) is 9.53. The second kappa shape index (κ2) is 7.23. The Morgan fingerprint density at radius 2 is 2.09 bits per heavy atom. The first-order chi connectivity index (χ1) is 15.2. The molecule has 9 heteroatoms. The second-order valence-electron chi connectivity index (χ2n) is 9.53. The molecule has 5 rings (SSSR count). The molecule has 4 atom stereocenters. The maximum absolute atomic E-state index is 15.5. The van der Waals surface area contributed by atoms with Crippen molar-refractivity contribution in [3.05, 3.63) is 40.9 Å². The Bertz CT molecular complexity index is 1230. The van der Waals surface area contributed by atoms with E-state index in [2.05, 4.69) is 27.4 Å². The Morgan fingerprint density at radius 1 is 1.28 bits per heavy atom. The standard InChI is InChI=1S/C23H26FN5O3/c1-22-6-4-7-23(2,28-22)20(24)15(11-22)29(3)19-12-25-21(27-26-19)14-10-18-13(9-17(14)31)16(30)5-8-32-18/h5,8-10,12,15,20,28,31H,4,6-7,11H2,1-3H3/t15-,20-,22-,23+/m0/s1. The lowest BCUT2D eigenvalue weighted by Crippen LogP contribution is -2.72. The number of hydrogen-bond donors (Lipinski definition) is 2. The number of nitrogens with zero attached hydrogens (tertiary/aromatic N) is 4. The summed E-state index contributed by atoms with van der Waals surface area (Å²) >= 11 is 0. The van der Waals surface area contributed by atoms with Gasteiger partial charge in [0.1, 0.15) is 17.5 Å². The first kappa shape index (κ1) is 20.8. The maximum Gasteiger partial charge on any atom is 0.192 e. The van der Waals surface area contributed by atoms with Crippen LogP contribution in [0.1, 0.15) is 39.5 Å². The fraction of sp³-hybridized carbons (Fsp3) is 0.478. The van der Waals surface area contributed by atoms with Crippen LogP contribution in [0.5, 0.6) is 5.75 Å². The predicted molar refractivity (Wildman–Crippen MR) is 118 cm³/mol. The van der Waals surface area contributed by atoms with Crippen LogP contribution in [-0.4, -0.2) is 50.6 Å². The maximum atomic E-state index is 15.5. The van der Waals surface area contributed by atoms with Crippen molar-refractivity contribution in [1.82, 2.24) is 20.5 Å². The van der Waals surface area contributed by atoms with E-state index in [9.17, 15) is 9.90 Å². The molecule has 0 spiro atoms. The molecule has 32 heavy (non-hydrogen) atoms. The molecule has 2 N–H and O–H groups in total. The van der Waals surface area contributed by atoms with Crippen LogP contribution in [0.4, 0.5) is 10.2 Å². The number of fused-ring (bicyclic) bond motifs is 3. The molecule has 168 valence electrons. The van der Waals surface area contributed by atoms with Crippen LogP contribution >= 0.6 is 0 Å². The van der Waals surface area contributed by atoms with E-state index in [1.165, 1.54) is 30.7 Å². The highest BCUT2D eigenvalue weighted by Gasteiger charge is 2.53. The van der Waals surface area contributed by atoms with Gasteiger partial charge in [0.2, 0.25) is 0 Å². The number of phenols is 1. The summed E-state index contributed by atoms with van der Waals surface area (Å²) in [5, 5.41) is 22.6. The number of nitrogens with one attached hydrogen (secondary N) is 1. The van der Waals surface area contributed by atoms with Crippen LogP contribution < -0.4 is 15.6 Å². The van der Waals surface area contributed by atoms with E-state index in [4.69, 9.17) is 4.42 Å². The Morgan fingerprint density at radius 3 is 2.84 bits per heavy atom. The van der Waals surface area contributed by atoms with Crippen molar-refractivity contribution >= 4 is 16.8 Å². The zero-order valence-corrected chi connectivity index (χ0v) is 18.3. The van der Waals surface area contributed by atoms with Gasteiger partial charge in [-0.05, 0) is 51.7 Å². The number of benzene rings is 1. The van der Waals surface area contributed by atoms with Crippen molar-refractivity contribution < 1.29 is 13.9 Å². The molecule has 2 aromatic heterocycles. The third kappa shape index (κ3) is 3.31. The van der Waals surface area contributed by atoms with E-state index in [0.717, 1.165) is 19.3 Å². The van der Waals surface area contributed by atoms with Crippen molar-refractivity contribution in [3.63, 3.8) is 0 Å². The minimum absolute atomic E-state index is 0.115. The SMILES string of the molecule is CN(c1cnc(-c2cc3occc(=O)c3cc2O)nn1)[C@H]1C[C@]2(C)CCC[C@@](C)(N2)[C@H]1F. The van der Waals surface area contributed by atoms with Gasteiger partial charge in [-0.15, -0.1) is 10.2 Å². The lowest BCUT2D eigenvalue weighted by molar-refractivity contribution is 0.00193. The van der Waals surface area contributed by atoms with Crippen molar-refractivity contribution in [1.29, 1.82) is 0 Å². The molecule has 2 saturated heterocycles. The van der Waals surface area contributed by atoms with E-state index in [1.807, 2.05) is 18.9 Å². The third-order valence-electron chi connectivity index (χ3n) is 7.05. The number of anilines is 1. The van der Waals surface area contributed by atoms with E-state index in [1.54, 1.807) is 0 Å². The molecule has 8 nitrogen and oxygen atoms in total. The van der Waals surface area contributed by atoms with Gasteiger partial charge < -0.3 is 19.7 Å². The molecular weight excluding hydrogens is 413 g/mol. The quantitative estimate of drug-likeness (QED) is 0.641. The minimum Gasteiger partial charge on any atom is -0.507 e. The summed E-state index contributed by atoms with van der Waals surface area (Å²) in [5.41, 5.74) is -0.313.